The molecule has 0 heterocycles. The highest BCUT2D eigenvalue weighted by atomic mass is 16.4. The molecule has 4 N–H and O–H groups in total. The average Bonchev–Trinajstić information content (AvgIpc) is 2.43. The Morgan fingerprint density at radius 2 is 1.95 bits per heavy atom. The normalized spacial score (nSPS) is 19.7. The third-order valence-electron chi connectivity index (χ3n) is 4.15. The maximum absolute atomic E-state index is 12.3. The predicted octanol–water partition coefficient (Wildman–Crippen LogP) is 1.51. The van der Waals surface area contributed by atoms with E-state index >= 15 is 0 Å². The first-order valence-electron chi connectivity index (χ1n) is 7.20. The zero-order chi connectivity index (χ0) is 14.3. The largest absolute Gasteiger partial charge is 0.481 e. The Labute approximate surface area is 114 Å². The minimum atomic E-state index is -0.788. The van der Waals surface area contributed by atoms with Gasteiger partial charge in [0.05, 0.1) is 5.41 Å². The first kappa shape index (κ1) is 16.0. The highest BCUT2D eigenvalue weighted by Gasteiger charge is 2.37. The van der Waals surface area contributed by atoms with E-state index < -0.39 is 5.97 Å². The fourth-order valence-electron chi connectivity index (χ4n) is 2.68. The number of hydrogen-bond donors (Lipinski definition) is 3. The molecular weight excluding hydrogens is 244 g/mol. The molecular formula is C14H26N2O3. The van der Waals surface area contributed by atoms with Gasteiger partial charge in [-0.25, -0.2) is 0 Å². The molecule has 1 aliphatic rings. The van der Waals surface area contributed by atoms with Gasteiger partial charge < -0.3 is 16.2 Å². The van der Waals surface area contributed by atoms with Crippen LogP contribution in [0, 0.1) is 11.3 Å². The molecule has 0 aromatic rings. The molecule has 0 saturated heterocycles. The van der Waals surface area contributed by atoms with Gasteiger partial charge >= 0.3 is 5.97 Å². The van der Waals surface area contributed by atoms with E-state index in [1.807, 2.05) is 6.92 Å². The molecule has 0 spiro atoms. The molecule has 1 aliphatic carbocycles. The molecule has 0 aromatic carbocycles. The zero-order valence-electron chi connectivity index (χ0n) is 11.8. The Bertz CT molecular complexity index is 312. The van der Waals surface area contributed by atoms with Gasteiger partial charge in [-0.2, -0.15) is 0 Å². The number of aliphatic carboxylic acids is 1. The van der Waals surface area contributed by atoms with Crippen LogP contribution in [0.15, 0.2) is 0 Å². The minimum absolute atomic E-state index is 0.0527. The molecule has 1 fully saturated rings. The van der Waals surface area contributed by atoms with Crippen LogP contribution in [-0.2, 0) is 9.59 Å². The van der Waals surface area contributed by atoms with Crippen molar-refractivity contribution < 1.29 is 14.7 Å². The quantitative estimate of drug-likeness (QED) is 0.654. The number of amides is 1. The van der Waals surface area contributed by atoms with Crippen LogP contribution >= 0.6 is 0 Å². The molecule has 0 radical (unpaired) electrons. The summed E-state index contributed by atoms with van der Waals surface area (Å²) >= 11 is 0. The summed E-state index contributed by atoms with van der Waals surface area (Å²) in [5.74, 6) is -0.556. The molecule has 0 aliphatic heterocycles. The maximum Gasteiger partial charge on any atom is 0.303 e. The lowest BCUT2D eigenvalue weighted by Gasteiger charge is -2.35. The summed E-state index contributed by atoms with van der Waals surface area (Å²) in [6.07, 6.45) is 5.81. The summed E-state index contributed by atoms with van der Waals surface area (Å²) < 4.78 is 0. The van der Waals surface area contributed by atoms with Crippen LogP contribution in [0.5, 0.6) is 0 Å². The number of rotatable bonds is 7. The van der Waals surface area contributed by atoms with Crippen LogP contribution in [0.3, 0.4) is 0 Å². The average molecular weight is 270 g/mol. The van der Waals surface area contributed by atoms with Gasteiger partial charge in [-0.1, -0.05) is 26.2 Å². The van der Waals surface area contributed by atoms with Gasteiger partial charge in [0, 0.05) is 19.5 Å². The number of carbonyl (C=O) groups is 2. The van der Waals surface area contributed by atoms with E-state index in [0.717, 1.165) is 25.7 Å². The van der Waals surface area contributed by atoms with Gasteiger partial charge in [-0.3, -0.25) is 9.59 Å². The number of carboxylic acids is 1. The summed E-state index contributed by atoms with van der Waals surface area (Å²) in [7, 11) is 0. The van der Waals surface area contributed by atoms with E-state index in [9.17, 15) is 9.59 Å². The van der Waals surface area contributed by atoms with Crippen molar-refractivity contribution in [3.05, 3.63) is 0 Å². The number of carbonyl (C=O) groups excluding carboxylic acids is 1. The maximum atomic E-state index is 12.3. The fourth-order valence-corrected chi connectivity index (χ4v) is 2.68. The SMILES string of the molecule is CC(CCC(=O)O)CNC(=O)C1(CN)CCCCC1. The van der Waals surface area contributed by atoms with Gasteiger partial charge in [-0.05, 0) is 25.2 Å². The van der Waals surface area contributed by atoms with Crippen molar-refractivity contribution in [1.29, 1.82) is 0 Å². The van der Waals surface area contributed by atoms with Crippen molar-refractivity contribution in [2.24, 2.45) is 17.1 Å². The highest BCUT2D eigenvalue weighted by Crippen LogP contribution is 2.35. The van der Waals surface area contributed by atoms with Gasteiger partial charge in [0.2, 0.25) is 5.91 Å². The highest BCUT2D eigenvalue weighted by molar-refractivity contribution is 5.83. The Hall–Kier alpha value is -1.10. The Kier molecular flexibility index (Phi) is 6.28. The standard InChI is InChI=1S/C14H26N2O3/c1-11(5-6-12(17)18)9-16-13(19)14(10-15)7-3-2-4-8-14/h11H,2-10,15H2,1H3,(H,16,19)(H,17,18). The third kappa shape index (κ3) is 4.82. The number of nitrogens with two attached hydrogens (primary N) is 1. The molecule has 5 heteroatoms. The molecule has 5 nitrogen and oxygen atoms in total. The smallest absolute Gasteiger partial charge is 0.303 e. The van der Waals surface area contributed by atoms with E-state index in [2.05, 4.69) is 5.32 Å². The summed E-state index contributed by atoms with van der Waals surface area (Å²) in [5.41, 5.74) is 5.42. The second-order valence-corrected chi connectivity index (χ2v) is 5.79. The lowest BCUT2D eigenvalue weighted by atomic mass is 9.73. The van der Waals surface area contributed by atoms with E-state index in [1.165, 1.54) is 6.42 Å². The number of nitrogens with one attached hydrogen (secondary N) is 1. The van der Waals surface area contributed by atoms with Crippen molar-refractivity contribution in [3.63, 3.8) is 0 Å². The van der Waals surface area contributed by atoms with Gasteiger partial charge in [-0.15, -0.1) is 0 Å². The van der Waals surface area contributed by atoms with Crippen molar-refractivity contribution in [1.82, 2.24) is 5.32 Å². The number of hydrogen-bond acceptors (Lipinski definition) is 3. The summed E-state index contributed by atoms with van der Waals surface area (Å²) in [6.45, 7) is 2.90. The van der Waals surface area contributed by atoms with Crippen molar-refractivity contribution in [3.8, 4) is 0 Å². The predicted molar refractivity (Wildman–Crippen MR) is 73.6 cm³/mol. The lowest BCUT2D eigenvalue weighted by molar-refractivity contribution is -0.137. The Morgan fingerprint density at radius 3 is 2.47 bits per heavy atom. The molecule has 0 bridgehead atoms. The second-order valence-electron chi connectivity index (χ2n) is 5.79. The van der Waals surface area contributed by atoms with Crippen molar-refractivity contribution >= 4 is 11.9 Å². The molecule has 110 valence electrons. The Morgan fingerprint density at radius 1 is 1.32 bits per heavy atom. The molecule has 19 heavy (non-hydrogen) atoms. The molecule has 1 saturated carbocycles. The minimum Gasteiger partial charge on any atom is -0.481 e. The van der Waals surface area contributed by atoms with Crippen LogP contribution in [0.1, 0.15) is 51.9 Å². The monoisotopic (exact) mass is 270 g/mol. The topological polar surface area (TPSA) is 92.4 Å². The fraction of sp³-hybridized carbons (Fsp3) is 0.857. The summed E-state index contributed by atoms with van der Waals surface area (Å²) in [4.78, 5) is 22.8. The van der Waals surface area contributed by atoms with Gasteiger partial charge in [0.1, 0.15) is 0 Å². The van der Waals surface area contributed by atoms with Crippen LogP contribution in [0.2, 0.25) is 0 Å². The van der Waals surface area contributed by atoms with Crippen molar-refractivity contribution in [2.75, 3.05) is 13.1 Å². The van der Waals surface area contributed by atoms with Gasteiger partial charge in [0.15, 0.2) is 0 Å². The first-order valence-corrected chi connectivity index (χ1v) is 7.20. The molecule has 1 amide bonds. The lowest BCUT2D eigenvalue weighted by Crippen LogP contribution is -2.48. The molecule has 1 unspecified atom stereocenters. The first-order chi connectivity index (χ1) is 9.00. The van der Waals surface area contributed by atoms with Gasteiger partial charge in [0.25, 0.3) is 0 Å². The van der Waals surface area contributed by atoms with E-state index in [-0.39, 0.29) is 23.7 Å². The summed E-state index contributed by atoms with van der Waals surface area (Å²) in [6, 6.07) is 0. The van der Waals surface area contributed by atoms with E-state index in [1.54, 1.807) is 0 Å². The molecule has 1 atom stereocenters. The Balaban J connectivity index is 2.38. The summed E-state index contributed by atoms with van der Waals surface area (Å²) in [5, 5.41) is 11.6. The number of carboxylic acid groups (broad SMARTS) is 1. The third-order valence-corrected chi connectivity index (χ3v) is 4.15. The van der Waals surface area contributed by atoms with Crippen LogP contribution in [-0.4, -0.2) is 30.1 Å². The molecule has 0 aromatic heterocycles. The molecule has 1 rings (SSSR count). The van der Waals surface area contributed by atoms with Crippen LogP contribution < -0.4 is 11.1 Å². The van der Waals surface area contributed by atoms with E-state index in [0.29, 0.717) is 19.5 Å². The van der Waals surface area contributed by atoms with E-state index in [4.69, 9.17) is 10.8 Å². The van der Waals surface area contributed by atoms with Crippen LogP contribution in [0.25, 0.3) is 0 Å². The van der Waals surface area contributed by atoms with Crippen molar-refractivity contribution in [2.45, 2.75) is 51.9 Å². The van der Waals surface area contributed by atoms with Crippen LogP contribution in [0.4, 0.5) is 0 Å². The zero-order valence-corrected chi connectivity index (χ0v) is 11.8. The second kappa shape index (κ2) is 7.48.